The molecule has 6 atom stereocenters. The first kappa shape index (κ1) is 30.3. The van der Waals surface area contributed by atoms with Crippen molar-refractivity contribution in [3.63, 3.8) is 0 Å². The number of hydrogen-bond donors (Lipinski definition) is 4. The van der Waals surface area contributed by atoms with Crippen molar-refractivity contribution < 1.29 is 34.2 Å². The third kappa shape index (κ3) is 4.55. The molecule has 1 saturated heterocycles. The average molecular weight is 584 g/mol. The largest absolute Gasteiger partial charge is 0.507 e. The van der Waals surface area contributed by atoms with Gasteiger partial charge >= 0.3 is 0 Å². The van der Waals surface area contributed by atoms with Crippen LogP contribution in [0.2, 0.25) is 0 Å². The summed E-state index contributed by atoms with van der Waals surface area (Å²) < 4.78 is 0. The summed E-state index contributed by atoms with van der Waals surface area (Å²) >= 11 is 0. The highest BCUT2D eigenvalue weighted by Gasteiger charge is 2.69. The standard InChI is InChI=1S/C30H41N5O7/c1-33(2)19-12-15(13-32-16-6-8-35(5)9-7-16)24(36)21-17(19)10-14-11-18-23(34(3)4)26(38)22(29(31)41)28(40)30(18,42)27(39)20(14)25(21)37/h12,14,16,18,20,22-23,32,36,42H,6-11,13H2,1-5H3,(H2,31,41)/t14-,18-,20?,22?,23-,30-/m0/s1. The van der Waals surface area contributed by atoms with Gasteiger partial charge in [-0.2, -0.15) is 0 Å². The summed E-state index contributed by atoms with van der Waals surface area (Å²) in [6, 6.07) is 0.994. The van der Waals surface area contributed by atoms with Gasteiger partial charge in [0.15, 0.2) is 34.7 Å². The van der Waals surface area contributed by atoms with Gasteiger partial charge in [0, 0.05) is 43.9 Å². The molecule has 228 valence electrons. The smallest absolute Gasteiger partial charge is 0.235 e. The van der Waals surface area contributed by atoms with Crippen molar-refractivity contribution in [1.29, 1.82) is 0 Å². The number of fused-ring (bicyclic) bond motifs is 3. The molecule has 2 saturated carbocycles. The minimum Gasteiger partial charge on any atom is -0.507 e. The molecule has 0 bridgehead atoms. The van der Waals surface area contributed by atoms with E-state index in [9.17, 15) is 34.2 Å². The number of hydrogen-bond acceptors (Lipinski definition) is 11. The number of nitrogens with zero attached hydrogens (tertiary/aromatic N) is 3. The van der Waals surface area contributed by atoms with Gasteiger partial charge in [-0.25, -0.2) is 0 Å². The number of amides is 1. The van der Waals surface area contributed by atoms with Crippen LogP contribution in [-0.2, 0) is 32.1 Å². The van der Waals surface area contributed by atoms with Crippen molar-refractivity contribution >= 4 is 34.7 Å². The summed E-state index contributed by atoms with van der Waals surface area (Å²) in [7, 11) is 8.89. The molecule has 0 aromatic heterocycles. The van der Waals surface area contributed by atoms with Crippen LogP contribution < -0.4 is 16.0 Å². The summed E-state index contributed by atoms with van der Waals surface area (Å²) in [6.07, 6.45) is 2.17. The zero-order valence-corrected chi connectivity index (χ0v) is 24.8. The number of carbonyl (C=O) groups excluding carboxylic acids is 5. The van der Waals surface area contributed by atoms with E-state index < -0.39 is 64.4 Å². The van der Waals surface area contributed by atoms with Crippen LogP contribution in [0.4, 0.5) is 5.69 Å². The molecule has 5 N–H and O–H groups in total. The lowest BCUT2D eigenvalue weighted by Gasteiger charge is -2.52. The van der Waals surface area contributed by atoms with Crippen LogP contribution in [0.5, 0.6) is 5.75 Å². The lowest BCUT2D eigenvalue weighted by atomic mass is 9.52. The van der Waals surface area contributed by atoms with E-state index in [1.165, 1.54) is 4.90 Å². The van der Waals surface area contributed by atoms with Crippen LogP contribution in [0, 0.1) is 23.7 Å². The maximum atomic E-state index is 14.2. The average Bonchev–Trinajstić information content (AvgIpc) is 2.90. The summed E-state index contributed by atoms with van der Waals surface area (Å²) in [5.41, 5.74) is 4.53. The Morgan fingerprint density at radius 3 is 2.33 bits per heavy atom. The van der Waals surface area contributed by atoms with Gasteiger partial charge < -0.3 is 31.1 Å². The number of primary amides is 1. The van der Waals surface area contributed by atoms with Crippen LogP contribution in [0.3, 0.4) is 0 Å². The minimum atomic E-state index is -2.73. The van der Waals surface area contributed by atoms with Crippen LogP contribution in [0.1, 0.15) is 40.7 Å². The van der Waals surface area contributed by atoms with E-state index in [4.69, 9.17) is 5.73 Å². The lowest BCUT2D eigenvalue weighted by molar-refractivity contribution is -0.181. The number of rotatable bonds is 6. The summed E-state index contributed by atoms with van der Waals surface area (Å²) in [6.45, 7) is 2.24. The third-order valence-electron chi connectivity index (χ3n) is 9.90. The molecular formula is C30H41N5O7. The quantitative estimate of drug-likeness (QED) is 0.306. The second-order valence-corrected chi connectivity index (χ2v) is 12.9. The Balaban J connectivity index is 1.55. The number of aliphatic hydroxyl groups is 1. The molecule has 1 aromatic rings. The van der Waals surface area contributed by atoms with Crippen molar-refractivity contribution in [1.82, 2.24) is 15.1 Å². The highest BCUT2D eigenvalue weighted by Crippen LogP contribution is 2.52. The number of nitrogens with one attached hydrogen (secondary N) is 1. The number of likely N-dealkylation sites (tertiary alicyclic amines) is 1. The van der Waals surface area contributed by atoms with E-state index in [1.807, 2.05) is 25.1 Å². The minimum absolute atomic E-state index is 0.0213. The molecule has 0 radical (unpaired) electrons. The zero-order chi connectivity index (χ0) is 30.8. The number of benzene rings is 1. The second-order valence-electron chi connectivity index (χ2n) is 12.9. The van der Waals surface area contributed by atoms with E-state index in [0.29, 0.717) is 17.7 Å². The highest BCUT2D eigenvalue weighted by atomic mass is 16.3. The molecule has 1 aromatic carbocycles. The van der Waals surface area contributed by atoms with Gasteiger partial charge in [-0.15, -0.1) is 0 Å². The fourth-order valence-corrected chi connectivity index (χ4v) is 7.71. The van der Waals surface area contributed by atoms with Crippen LogP contribution in [0.15, 0.2) is 6.07 Å². The predicted molar refractivity (Wildman–Crippen MR) is 153 cm³/mol. The monoisotopic (exact) mass is 583 g/mol. The van der Waals surface area contributed by atoms with E-state index in [0.717, 1.165) is 31.6 Å². The number of ketones is 4. The first-order valence-electron chi connectivity index (χ1n) is 14.5. The van der Waals surface area contributed by atoms with Crippen LogP contribution >= 0.6 is 0 Å². The molecule has 1 aliphatic heterocycles. The number of nitrogens with two attached hydrogens (primary N) is 1. The predicted octanol–water partition coefficient (Wildman–Crippen LogP) is -0.883. The second kappa shape index (κ2) is 10.8. The number of carbonyl (C=O) groups is 5. The third-order valence-corrected chi connectivity index (χ3v) is 9.90. The molecule has 4 aliphatic rings. The Morgan fingerprint density at radius 2 is 1.76 bits per heavy atom. The maximum Gasteiger partial charge on any atom is 0.235 e. The van der Waals surface area contributed by atoms with Gasteiger partial charge in [0.1, 0.15) is 5.75 Å². The number of anilines is 1. The molecule has 12 nitrogen and oxygen atoms in total. The van der Waals surface area contributed by atoms with E-state index in [1.54, 1.807) is 14.1 Å². The van der Waals surface area contributed by atoms with Crippen molar-refractivity contribution in [2.75, 3.05) is 53.2 Å². The number of phenols is 1. The van der Waals surface area contributed by atoms with Crippen molar-refractivity contribution in [2.24, 2.45) is 29.4 Å². The van der Waals surface area contributed by atoms with Crippen molar-refractivity contribution in [3.05, 3.63) is 22.8 Å². The number of likely N-dealkylation sites (N-methyl/N-ethyl adjacent to an activating group) is 1. The highest BCUT2D eigenvalue weighted by molar-refractivity contribution is 6.32. The van der Waals surface area contributed by atoms with Gasteiger partial charge in [0.05, 0.1) is 17.5 Å². The maximum absolute atomic E-state index is 14.2. The molecule has 3 fully saturated rings. The Morgan fingerprint density at radius 1 is 1.12 bits per heavy atom. The van der Waals surface area contributed by atoms with Crippen molar-refractivity contribution in [2.45, 2.75) is 49.9 Å². The first-order chi connectivity index (χ1) is 19.7. The number of phenolic OH excluding ortho intramolecular Hbond substituents is 1. The van der Waals surface area contributed by atoms with E-state index in [-0.39, 0.29) is 30.2 Å². The molecule has 12 heteroatoms. The number of Topliss-reactive ketones (excluding diaryl/α,β-unsaturated/α-hetero) is 4. The molecule has 2 unspecified atom stereocenters. The zero-order valence-electron chi connectivity index (χ0n) is 24.8. The molecule has 1 heterocycles. The first-order valence-corrected chi connectivity index (χ1v) is 14.5. The number of piperidine rings is 1. The van der Waals surface area contributed by atoms with Crippen LogP contribution in [0.25, 0.3) is 0 Å². The molecule has 5 rings (SSSR count). The summed E-state index contributed by atoms with van der Waals surface area (Å²) in [4.78, 5) is 72.7. The molecule has 0 spiro atoms. The normalized spacial score (nSPS) is 32.0. The Kier molecular flexibility index (Phi) is 7.80. The molecule has 42 heavy (non-hydrogen) atoms. The molecule has 1 amide bonds. The number of aromatic hydroxyl groups is 1. The molecular weight excluding hydrogens is 542 g/mol. The van der Waals surface area contributed by atoms with E-state index >= 15 is 0 Å². The van der Waals surface area contributed by atoms with E-state index in [2.05, 4.69) is 17.3 Å². The lowest BCUT2D eigenvalue weighted by Crippen LogP contribution is -2.74. The van der Waals surface area contributed by atoms with Gasteiger partial charge in [0.25, 0.3) is 0 Å². The Labute approximate surface area is 245 Å². The van der Waals surface area contributed by atoms with Crippen LogP contribution in [-0.4, -0.2) is 115 Å². The van der Waals surface area contributed by atoms with Gasteiger partial charge in [-0.3, -0.25) is 28.9 Å². The Hall–Kier alpha value is -3.19. The Bertz CT molecular complexity index is 1350. The summed E-state index contributed by atoms with van der Waals surface area (Å²) in [5, 5.41) is 26.7. The fraction of sp³-hybridized carbons (Fsp3) is 0.633. The van der Waals surface area contributed by atoms with Gasteiger partial charge in [-0.05, 0) is 77.5 Å². The SMILES string of the molecule is CN1CCC(NCc2cc(N(C)C)c3c(c2O)C(=O)C2C(=O)[C@]4(O)C(=O)C(C(N)=O)C(=O)[C@@H](N(C)C)[C@@H]4C[C@@H]2C3)CC1. The van der Waals surface area contributed by atoms with Gasteiger partial charge in [-0.1, -0.05) is 0 Å². The summed E-state index contributed by atoms with van der Waals surface area (Å²) in [5.74, 6) is -10.3. The molecule has 3 aliphatic carbocycles. The van der Waals surface area contributed by atoms with Crippen molar-refractivity contribution in [3.8, 4) is 5.75 Å². The fourth-order valence-electron chi connectivity index (χ4n) is 7.71. The van der Waals surface area contributed by atoms with Gasteiger partial charge in [0.2, 0.25) is 5.91 Å². The topological polar surface area (TPSA) is 174 Å².